The van der Waals surface area contributed by atoms with Crippen molar-refractivity contribution in [1.82, 2.24) is 37.8 Å². The Morgan fingerprint density at radius 3 is 1.74 bits per heavy atom. The highest BCUT2D eigenvalue weighted by atomic mass is 16.5. The minimum atomic E-state index is -0.979. The van der Waals surface area contributed by atoms with Crippen LogP contribution in [0.25, 0.3) is 22.1 Å². The molecule has 0 radical (unpaired) electrons. The molecular formula is C42H50N12O7. The Bertz CT molecular complexity index is 2950. The Morgan fingerprint density at radius 1 is 0.705 bits per heavy atom. The molecule has 19 nitrogen and oxygen atoms in total. The SMILES string of the molecule is CCn1nc(C)cc1C(=O)N=c1n(C)c2cc(C(N)=O)ccc2n1C/C(C)=C(\C)Cn1c(=NC(=O)c2cc(C)nn2CC)n(C)c2cc(C(N)=O)cc(OCCCC(=O)O)c21. The number of carbonyl (C=O) groups excluding carboxylic acids is 4. The summed E-state index contributed by atoms with van der Waals surface area (Å²) < 4.78 is 16.4. The number of nitrogens with zero attached hydrogens (tertiary/aromatic N) is 10. The van der Waals surface area contributed by atoms with E-state index in [-0.39, 0.29) is 60.7 Å². The Kier molecular flexibility index (Phi) is 12.4. The van der Waals surface area contributed by atoms with Crippen molar-refractivity contribution in [2.45, 2.75) is 80.6 Å². The number of aryl methyl sites for hydroxylation is 6. The lowest BCUT2D eigenvalue weighted by atomic mass is 10.1. The van der Waals surface area contributed by atoms with Crippen LogP contribution in [0.4, 0.5) is 0 Å². The van der Waals surface area contributed by atoms with Crippen LogP contribution in [0.5, 0.6) is 5.75 Å². The van der Waals surface area contributed by atoms with Gasteiger partial charge in [-0.1, -0.05) is 11.1 Å². The van der Waals surface area contributed by atoms with Gasteiger partial charge in [0.1, 0.15) is 22.7 Å². The monoisotopic (exact) mass is 834 g/mol. The quantitative estimate of drug-likeness (QED) is 0.101. The molecule has 4 aromatic heterocycles. The minimum Gasteiger partial charge on any atom is -0.491 e. The van der Waals surface area contributed by atoms with E-state index in [1.807, 2.05) is 32.3 Å². The van der Waals surface area contributed by atoms with Gasteiger partial charge in [-0.3, -0.25) is 33.3 Å². The van der Waals surface area contributed by atoms with E-state index in [0.29, 0.717) is 57.9 Å². The number of nitrogens with two attached hydrogens (primary N) is 2. The first-order valence-corrected chi connectivity index (χ1v) is 19.7. The molecule has 61 heavy (non-hydrogen) atoms. The standard InChI is InChI=1S/C42H50N12O7/c1-9-53-32(16-25(5)47-53)39(59)45-41-49(7)30-18-27(37(43)57)13-14-29(30)51(41)21-23(3)24(4)22-52-36-31(19-28(38(44)58)20-34(36)61-15-11-12-35(55)56)50(8)42(52)46-40(60)33-17-26(6)48-54(33)10-2/h13-14,16-20H,9-12,15,21-22H2,1-8H3,(H2,43,57)(H2,44,58)(H,55,56)/b24-23+,45-41?,46-42?. The lowest BCUT2D eigenvalue weighted by Crippen LogP contribution is -2.28. The third-order valence-electron chi connectivity index (χ3n) is 10.5. The summed E-state index contributed by atoms with van der Waals surface area (Å²) in [5.74, 6) is -3.09. The molecule has 0 atom stereocenters. The summed E-state index contributed by atoms with van der Waals surface area (Å²) in [6.45, 7) is 12.5. The number of aromatic nitrogens is 8. The molecule has 19 heteroatoms. The molecule has 0 saturated carbocycles. The molecule has 0 spiro atoms. The van der Waals surface area contributed by atoms with Crippen molar-refractivity contribution in [3.8, 4) is 5.75 Å². The Balaban J connectivity index is 1.55. The van der Waals surface area contributed by atoms with Gasteiger partial charge < -0.3 is 39.6 Å². The van der Waals surface area contributed by atoms with Gasteiger partial charge >= 0.3 is 5.97 Å². The molecule has 0 aliphatic rings. The van der Waals surface area contributed by atoms with Crippen molar-refractivity contribution < 1.29 is 33.8 Å². The number of ether oxygens (including phenoxy) is 1. The number of benzene rings is 2. The maximum Gasteiger partial charge on any atom is 0.303 e. The van der Waals surface area contributed by atoms with E-state index in [9.17, 15) is 29.1 Å². The van der Waals surface area contributed by atoms with Gasteiger partial charge in [0.05, 0.1) is 34.5 Å². The third-order valence-corrected chi connectivity index (χ3v) is 10.5. The van der Waals surface area contributed by atoms with Crippen LogP contribution in [0.3, 0.4) is 0 Å². The Hall–Kier alpha value is -7.31. The molecule has 6 rings (SSSR count). The smallest absolute Gasteiger partial charge is 0.303 e. The molecule has 4 amide bonds. The van der Waals surface area contributed by atoms with Crippen LogP contribution in [0.1, 0.15) is 93.6 Å². The van der Waals surface area contributed by atoms with Crippen LogP contribution >= 0.6 is 0 Å². The van der Waals surface area contributed by atoms with E-state index in [4.69, 9.17) is 16.2 Å². The number of amides is 4. The zero-order chi connectivity index (χ0) is 44.4. The van der Waals surface area contributed by atoms with Crippen LogP contribution in [-0.4, -0.2) is 79.1 Å². The second-order valence-electron chi connectivity index (χ2n) is 14.9. The molecule has 0 unspecified atom stereocenters. The zero-order valence-corrected chi connectivity index (χ0v) is 35.5. The van der Waals surface area contributed by atoms with Crippen LogP contribution in [-0.2, 0) is 45.1 Å². The Labute approximate surface area is 349 Å². The second kappa shape index (κ2) is 17.5. The van der Waals surface area contributed by atoms with Crippen molar-refractivity contribution in [2.24, 2.45) is 35.5 Å². The zero-order valence-electron chi connectivity index (χ0n) is 35.5. The minimum absolute atomic E-state index is 0.0194. The number of hydrogen-bond acceptors (Lipinski definition) is 8. The highest BCUT2D eigenvalue weighted by Gasteiger charge is 2.22. The molecule has 0 saturated heterocycles. The second-order valence-corrected chi connectivity index (χ2v) is 14.9. The predicted octanol–water partition coefficient (Wildman–Crippen LogP) is 3.28. The largest absolute Gasteiger partial charge is 0.491 e. The van der Waals surface area contributed by atoms with Crippen LogP contribution in [0.15, 0.2) is 63.6 Å². The lowest BCUT2D eigenvalue weighted by molar-refractivity contribution is -0.137. The van der Waals surface area contributed by atoms with Crippen molar-refractivity contribution in [3.05, 3.63) is 98.7 Å². The third kappa shape index (κ3) is 8.71. The van der Waals surface area contributed by atoms with Crippen LogP contribution in [0.2, 0.25) is 0 Å². The summed E-state index contributed by atoms with van der Waals surface area (Å²) in [7, 11) is 3.46. The summed E-state index contributed by atoms with van der Waals surface area (Å²) in [4.78, 5) is 73.1. The van der Waals surface area contributed by atoms with E-state index in [1.54, 1.807) is 87.4 Å². The number of carboxylic acid groups (broad SMARTS) is 1. The fourth-order valence-electron chi connectivity index (χ4n) is 7.27. The molecule has 2 aromatic carbocycles. The number of allylic oxidation sites excluding steroid dienone is 2. The average molecular weight is 835 g/mol. The van der Waals surface area contributed by atoms with E-state index in [1.165, 1.54) is 6.07 Å². The summed E-state index contributed by atoms with van der Waals surface area (Å²) in [5.41, 5.74) is 18.3. The van der Waals surface area contributed by atoms with Gasteiger partial charge in [0.25, 0.3) is 11.8 Å². The van der Waals surface area contributed by atoms with Crippen molar-refractivity contribution in [3.63, 3.8) is 0 Å². The maximum absolute atomic E-state index is 13.9. The molecule has 6 aromatic rings. The van der Waals surface area contributed by atoms with Crippen molar-refractivity contribution in [2.75, 3.05) is 6.61 Å². The van der Waals surface area contributed by atoms with Gasteiger partial charge in [-0.05, 0) is 90.4 Å². The Morgan fingerprint density at radius 2 is 1.21 bits per heavy atom. The number of primary amides is 2. The number of hydrogen-bond donors (Lipinski definition) is 3. The van der Waals surface area contributed by atoms with E-state index in [2.05, 4.69) is 20.2 Å². The van der Waals surface area contributed by atoms with Gasteiger partial charge in [0, 0.05) is 57.8 Å². The number of carboxylic acids is 1. The van der Waals surface area contributed by atoms with Crippen molar-refractivity contribution >= 4 is 51.7 Å². The summed E-state index contributed by atoms with van der Waals surface area (Å²) in [6, 6.07) is 11.5. The van der Waals surface area contributed by atoms with E-state index < -0.39 is 29.6 Å². The number of fused-ring (bicyclic) bond motifs is 2. The predicted molar refractivity (Wildman–Crippen MR) is 225 cm³/mol. The molecule has 0 fully saturated rings. The topological polar surface area (TPSA) is 247 Å². The first-order chi connectivity index (χ1) is 28.9. The molecule has 4 heterocycles. The molecule has 320 valence electrons. The van der Waals surface area contributed by atoms with Gasteiger partial charge in [-0.15, -0.1) is 0 Å². The summed E-state index contributed by atoms with van der Waals surface area (Å²) in [6.07, 6.45) is 0.0591. The van der Waals surface area contributed by atoms with Crippen molar-refractivity contribution in [1.29, 1.82) is 0 Å². The summed E-state index contributed by atoms with van der Waals surface area (Å²) >= 11 is 0. The van der Waals surface area contributed by atoms with Gasteiger partial charge in [0.2, 0.25) is 23.1 Å². The number of rotatable bonds is 15. The number of aliphatic carboxylic acids is 1. The highest BCUT2D eigenvalue weighted by Crippen LogP contribution is 2.29. The van der Waals surface area contributed by atoms with E-state index in [0.717, 1.165) is 11.1 Å². The van der Waals surface area contributed by atoms with Crippen LogP contribution in [0, 0.1) is 13.8 Å². The van der Waals surface area contributed by atoms with Gasteiger partial charge in [-0.25, -0.2) is 0 Å². The number of imidazole rings is 2. The van der Waals surface area contributed by atoms with Crippen LogP contribution < -0.4 is 27.4 Å². The first kappa shape index (κ1) is 43.3. The fraction of sp³-hybridized carbons (Fsp3) is 0.357. The van der Waals surface area contributed by atoms with E-state index >= 15 is 0 Å². The molecule has 0 bridgehead atoms. The van der Waals surface area contributed by atoms with Gasteiger partial charge in [-0.2, -0.15) is 20.2 Å². The average Bonchev–Trinajstić information content (AvgIpc) is 3.94. The normalized spacial score (nSPS) is 12.7. The first-order valence-electron chi connectivity index (χ1n) is 19.7. The highest BCUT2D eigenvalue weighted by molar-refractivity contribution is 5.99. The molecule has 0 aliphatic heterocycles. The molecule has 5 N–H and O–H groups in total. The number of carbonyl (C=O) groups is 5. The van der Waals surface area contributed by atoms with Gasteiger partial charge in [0.15, 0.2) is 0 Å². The maximum atomic E-state index is 13.9. The fourth-order valence-corrected chi connectivity index (χ4v) is 7.27. The lowest BCUT2D eigenvalue weighted by Gasteiger charge is -2.14. The summed E-state index contributed by atoms with van der Waals surface area (Å²) in [5, 5.41) is 18.1. The molecule has 0 aliphatic carbocycles. The molecular weight excluding hydrogens is 785 g/mol.